The van der Waals surface area contributed by atoms with E-state index in [1.807, 2.05) is 0 Å². The first-order valence-electron chi connectivity index (χ1n) is 6.90. The van der Waals surface area contributed by atoms with E-state index in [9.17, 15) is 8.42 Å². The second kappa shape index (κ2) is 6.54. The van der Waals surface area contributed by atoms with E-state index in [-0.39, 0.29) is 11.6 Å². The van der Waals surface area contributed by atoms with E-state index in [2.05, 4.69) is 4.72 Å². The summed E-state index contributed by atoms with van der Waals surface area (Å²) in [6.07, 6.45) is 7.23. The van der Waals surface area contributed by atoms with Crippen LogP contribution in [-0.2, 0) is 16.6 Å². The Morgan fingerprint density at radius 1 is 1.32 bits per heavy atom. The highest BCUT2D eigenvalue weighted by Crippen LogP contribution is 2.28. The second-order valence-corrected chi connectivity index (χ2v) is 6.81. The van der Waals surface area contributed by atoms with Gasteiger partial charge in [-0.25, -0.2) is 13.1 Å². The predicted molar refractivity (Wildman–Crippen MR) is 73.0 cm³/mol. The Balaban J connectivity index is 1.77. The van der Waals surface area contributed by atoms with Gasteiger partial charge in [0.15, 0.2) is 0 Å². The Bertz CT molecular complexity index is 490. The zero-order valence-corrected chi connectivity index (χ0v) is 11.9. The predicted octanol–water partition coefficient (Wildman–Crippen LogP) is 1.99. The molecule has 0 bridgehead atoms. The summed E-state index contributed by atoms with van der Waals surface area (Å²) in [5.74, 6) is 1.27. The fourth-order valence-corrected chi connectivity index (χ4v) is 3.60. The van der Waals surface area contributed by atoms with Gasteiger partial charge in [-0.15, -0.1) is 0 Å². The Hall–Kier alpha value is -0.850. The molecule has 0 aromatic carbocycles. The number of nitrogens with two attached hydrogens (primary N) is 1. The molecule has 1 aliphatic carbocycles. The van der Waals surface area contributed by atoms with E-state index in [0.29, 0.717) is 12.3 Å². The summed E-state index contributed by atoms with van der Waals surface area (Å²) in [6.45, 7) is 0.675. The molecule has 1 aromatic rings. The van der Waals surface area contributed by atoms with Crippen molar-refractivity contribution < 1.29 is 12.8 Å². The molecular weight excluding hydrogens is 264 g/mol. The highest BCUT2D eigenvalue weighted by molar-refractivity contribution is 7.89. The van der Waals surface area contributed by atoms with E-state index >= 15 is 0 Å². The van der Waals surface area contributed by atoms with Crippen LogP contribution < -0.4 is 10.5 Å². The van der Waals surface area contributed by atoms with Crippen molar-refractivity contribution in [3.8, 4) is 0 Å². The molecule has 1 aliphatic rings. The van der Waals surface area contributed by atoms with Crippen LogP contribution in [0.1, 0.15) is 44.3 Å². The topological polar surface area (TPSA) is 85.3 Å². The van der Waals surface area contributed by atoms with Crippen LogP contribution in [0.3, 0.4) is 0 Å². The van der Waals surface area contributed by atoms with Crippen molar-refractivity contribution in [2.24, 2.45) is 11.7 Å². The standard InChI is InChI=1S/C13H22N2O3S/c14-10-12-7-8-13(18-12)19(16,17)15-9-3-6-11-4-1-2-5-11/h7-8,11,15H,1-6,9-10,14H2. The Morgan fingerprint density at radius 2 is 2.05 bits per heavy atom. The molecule has 0 saturated heterocycles. The number of nitrogens with one attached hydrogen (secondary N) is 1. The van der Waals surface area contributed by atoms with Gasteiger partial charge in [0.1, 0.15) is 5.76 Å². The van der Waals surface area contributed by atoms with E-state index < -0.39 is 10.0 Å². The van der Waals surface area contributed by atoms with Crippen LogP contribution in [0.5, 0.6) is 0 Å². The molecule has 1 fully saturated rings. The number of hydrogen-bond acceptors (Lipinski definition) is 4. The van der Waals surface area contributed by atoms with Crippen molar-refractivity contribution in [1.82, 2.24) is 4.72 Å². The Kier molecular flexibility index (Phi) is 5.01. The molecule has 1 aromatic heterocycles. The van der Waals surface area contributed by atoms with Gasteiger partial charge in [-0.05, 0) is 30.9 Å². The van der Waals surface area contributed by atoms with Crippen molar-refractivity contribution in [3.05, 3.63) is 17.9 Å². The van der Waals surface area contributed by atoms with Gasteiger partial charge in [-0.2, -0.15) is 0 Å². The van der Waals surface area contributed by atoms with Gasteiger partial charge in [0.05, 0.1) is 6.54 Å². The SMILES string of the molecule is NCc1ccc(S(=O)(=O)NCCCC2CCCC2)o1. The monoisotopic (exact) mass is 286 g/mol. The summed E-state index contributed by atoms with van der Waals surface area (Å²) in [5, 5.41) is -0.0474. The molecule has 0 aliphatic heterocycles. The van der Waals surface area contributed by atoms with Gasteiger partial charge in [-0.1, -0.05) is 25.7 Å². The molecular formula is C13H22N2O3S. The first-order chi connectivity index (χ1) is 9.12. The summed E-state index contributed by atoms with van der Waals surface area (Å²) in [7, 11) is -3.52. The average Bonchev–Trinajstić information content (AvgIpc) is 3.05. The number of furan rings is 1. The summed E-state index contributed by atoms with van der Waals surface area (Å²) >= 11 is 0. The van der Waals surface area contributed by atoms with E-state index in [0.717, 1.165) is 18.8 Å². The maximum Gasteiger partial charge on any atom is 0.273 e. The molecule has 6 heteroatoms. The molecule has 1 saturated carbocycles. The van der Waals surface area contributed by atoms with Gasteiger partial charge in [-0.3, -0.25) is 0 Å². The number of rotatable bonds is 7. The maximum atomic E-state index is 11.9. The first kappa shape index (κ1) is 14.6. The van der Waals surface area contributed by atoms with Crippen molar-refractivity contribution in [2.75, 3.05) is 6.54 Å². The molecule has 2 rings (SSSR count). The summed E-state index contributed by atoms with van der Waals surface area (Å²) in [4.78, 5) is 0. The lowest BCUT2D eigenvalue weighted by Crippen LogP contribution is -2.24. The summed E-state index contributed by atoms with van der Waals surface area (Å²) < 4.78 is 31.6. The molecule has 108 valence electrons. The van der Waals surface area contributed by atoms with E-state index in [4.69, 9.17) is 10.2 Å². The zero-order chi connectivity index (χ0) is 13.7. The van der Waals surface area contributed by atoms with Crippen molar-refractivity contribution in [2.45, 2.75) is 50.2 Å². The molecule has 0 unspecified atom stereocenters. The fourth-order valence-electron chi connectivity index (χ4n) is 2.58. The Labute approximate surface area is 114 Å². The Morgan fingerprint density at radius 3 is 2.68 bits per heavy atom. The highest BCUT2D eigenvalue weighted by Gasteiger charge is 2.19. The third-order valence-corrected chi connectivity index (χ3v) is 4.99. The lowest BCUT2D eigenvalue weighted by molar-refractivity contribution is 0.411. The van der Waals surface area contributed by atoms with Gasteiger partial charge < -0.3 is 10.2 Å². The molecule has 1 heterocycles. The van der Waals surface area contributed by atoms with Gasteiger partial charge in [0, 0.05) is 6.54 Å². The van der Waals surface area contributed by atoms with Crippen LogP contribution in [0.4, 0.5) is 0 Å². The van der Waals surface area contributed by atoms with Crippen LogP contribution in [0, 0.1) is 5.92 Å². The molecule has 5 nitrogen and oxygen atoms in total. The number of sulfonamides is 1. The zero-order valence-electron chi connectivity index (χ0n) is 11.1. The molecule has 0 amide bonds. The minimum Gasteiger partial charge on any atom is -0.447 e. The maximum absolute atomic E-state index is 11.9. The lowest BCUT2D eigenvalue weighted by Gasteiger charge is -2.08. The molecule has 0 spiro atoms. The minimum atomic E-state index is -3.52. The second-order valence-electron chi connectivity index (χ2n) is 5.12. The quantitative estimate of drug-likeness (QED) is 0.751. The fraction of sp³-hybridized carbons (Fsp3) is 0.692. The lowest BCUT2D eigenvalue weighted by atomic mass is 10.0. The third-order valence-electron chi connectivity index (χ3n) is 3.66. The highest BCUT2D eigenvalue weighted by atomic mass is 32.2. The van der Waals surface area contributed by atoms with E-state index in [1.54, 1.807) is 6.07 Å². The van der Waals surface area contributed by atoms with Gasteiger partial charge in [0.2, 0.25) is 5.09 Å². The van der Waals surface area contributed by atoms with Crippen LogP contribution in [0.2, 0.25) is 0 Å². The average molecular weight is 286 g/mol. The molecule has 0 atom stereocenters. The van der Waals surface area contributed by atoms with Crippen LogP contribution >= 0.6 is 0 Å². The first-order valence-corrected chi connectivity index (χ1v) is 8.38. The van der Waals surface area contributed by atoms with E-state index in [1.165, 1.54) is 31.7 Å². The molecule has 3 N–H and O–H groups in total. The van der Waals surface area contributed by atoms with Crippen molar-refractivity contribution in [3.63, 3.8) is 0 Å². The van der Waals surface area contributed by atoms with Crippen LogP contribution in [0.15, 0.2) is 21.6 Å². The van der Waals surface area contributed by atoms with Crippen LogP contribution in [0.25, 0.3) is 0 Å². The molecule has 0 radical (unpaired) electrons. The minimum absolute atomic E-state index is 0.0474. The van der Waals surface area contributed by atoms with Gasteiger partial charge in [0.25, 0.3) is 10.0 Å². The normalized spacial score (nSPS) is 17.1. The van der Waals surface area contributed by atoms with Gasteiger partial charge >= 0.3 is 0 Å². The molecule has 19 heavy (non-hydrogen) atoms. The van der Waals surface area contributed by atoms with Crippen molar-refractivity contribution >= 4 is 10.0 Å². The summed E-state index contributed by atoms with van der Waals surface area (Å²) in [5.41, 5.74) is 5.39. The third kappa shape index (κ3) is 4.06. The number of hydrogen-bond donors (Lipinski definition) is 2. The smallest absolute Gasteiger partial charge is 0.273 e. The van der Waals surface area contributed by atoms with Crippen molar-refractivity contribution in [1.29, 1.82) is 0 Å². The largest absolute Gasteiger partial charge is 0.447 e. The van der Waals surface area contributed by atoms with Crippen LogP contribution in [-0.4, -0.2) is 15.0 Å². The summed E-state index contributed by atoms with van der Waals surface area (Å²) in [6, 6.07) is 3.04.